The number of carbonyl (C=O) groups excluding carboxylic acids is 3. The molecule has 0 saturated heterocycles. The minimum absolute atomic E-state index is 0.0283. The zero-order chi connectivity index (χ0) is 33.7. The van der Waals surface area contributed by atoms with E-state index in [2.05, 4.69) is 24.1 Å². The first-order valence-corrected chi connectivity index (χ1v) is 17.1. The fraction of sp³-hybridized carbons (Fsp3) is 0.714. The van der Waals surface area contributed by atoms with Gasteiger partial charge in [0.05, 0.1) is 10.6 Å². The number of alkyl carbamates (subject to hydrolysis) is 1. The van der Waals surface area contributed by atoms with E-state index in [9.17, 15) is 24.3 Å². The van der Waals surface area contributed by atoms with Gasteiger partial charge in [0.1, 0.15) is 22.6 Å². The van der Waals surface area contributed by atoms with Crippen molar-refractivity contribution in [2.75, 3.05) is 4.90 Å². The van der Waals surface area contributed by atoms with E-state index < -0.39 is 29.7 Å². The van der Waals surface area contributed by atoms with Crippen LogP contribution in [-0.2, 0) is 19.1 Å². The van der Waals surface area contributed by atoms with Gasteiger partial charge in [0.15, 0.2) is 0 Å². The van der Waals surface area contributed by atoms with Crippen LogP contribution in [0.4, 0.5) is 10.5 Å². The van der Waals surface area contributed by atoms with Gasteiger partial charge < -0.3 is 24.8 Å². The van der Waals surface area contributed by atoms with Crippen LogP contribution in [0.25, 0.3) is 0 Å². The molecule has 2 aliphatic rings. The lowest BCUT2D eigenvalue weighted by Crippen LogP contribution is -2.49. The fourth-order valence-corrected chi connectivity index (χ4v) is 6.66. The minimum Gasteiger partial charge on any atom is -0.477 e. The molecule has 0 bridgehead atoms. The number of carboxylic acid groups (broad SMARTS) is 1. The van der Waals surface area contributed by atoms with E-state index in [0.29, 0.717) is 42.2 Å². The molecule has 0 aromatic carbocycles. The molecule has 0 spiro atoms. The van der Waals surface area contributed by atoms with Crippen LogP contribution in [0, 0.1) is 35.0 Å². The molecule has 45 heavy (non-hydrogen) atoms. The van der Waals surface area contributed by atoms with E-state index in [1.165, 1.54) is 0 Å². The molecule has 0 unspecified atom stereocenters. The summed E-state index contributed by atoms with van der Waals surface area (Å²) >= 11 is 1.11. The number of hydrogen-bond acceptors (Lipinski definition) is 7. The number of hydrogen-bond donors (Lipinski definition) is 2. The molecule has 2 aliphatic carbocycles. The summed E-state index contributed by atoms with van der Waals surface area (Å²) in [5, 5.41) is 12.8. The first kappa shape index (κ1) is 36.4. The number of rotatable bonds is 8. The van der Waals surface area contributed by atoms with Crippen molar-refractivity contribution in [1.29, 1.82) is 0 Å². The van der Waals surface area contributed by atoms with Crippen molar-refractivity contribution in [3.05, 3.63) is 15.8 Å². The third-order valence-electron chi connectivity index (χ3n) is 8.21. The molecule has 2 amide bonds. The molecule has 250 valence electrons. The number of carboxylic acids is 1. The molecule has 10 heteroatoms. The number of amides is 2. The summed E-state index contributed by atoms with van der Waals surface area (Å²) in [6.45, 7) is 17.1. The molecular weight excluding hydrogens is 592 g/mol. The second-order valence-corrected chi connectivity index (χ2v) is 16.1. The predicted molar refractivity (Wildman–Crippen MR) is 176 cm³/mol. The third-order valence-corrected chi connectivity index (χ3v) is 9.24. The Labute approximate surface area is 272 Å². The van der Waals surface area contributed by atoms with Crippen molar-refractivity contribution in [3.63, 3.8) is 0 Å². The zero-order valence-electron chi connectivity index (χ0n) is 28.5. The third kappa shape index (κ3) is 10.8. The molecule has 1 heterocycles. The van der Waals surface area contributed by atoms with Crippen molar-refractivity contribution in [2.45, 2.75) is 137 Å². The van der Waals surface area contributed by atoms with Crippen LogP contribution in [-0.4, -0.2) is 52.8 Å². The lowest BCUT2D eigenvalue weighted by molar-refractivity contribution is -0.154. The Hall–Kier alpha value is -3.06. The Morgan fingerprint density at radius 1 is 0.978 bits per heavy atom. The maximum Gasteiger partial charge on any atom is 0.408 e. The van der Waals surface area contributed by atoms with Crippen LogP contribution in [0.1, 0.15) is 128 Å². The lowest BCUT2D eigenvalue weighted by Gasteiger charge is -2.39. The van der Waals surface area contributed by atoms with Crippen LogP contribution in [0.2, 0.25) is 0 Å². The largest absolute Gasteiger partial charge is 0.477 e. The second kappa shape index (κ2) is 15.0. The molecule has 3 rings (SSSR count). The van der Waals surface area contributed by atoms with Crippen molar-refractivity contribution < 1.29 is 33.8 Å². The molecule has 1 aromatic heterocycles. The van der Waals surface area contributed by atoms with Gasteiger partial charge in [0, 0.05) is 17.4 Å². The first-order chi connectivity index (χ1) is 20.8. The van der Waals surface area contributed by atoms with Crippen LogP contribution < -0.4 is 10.2 Å². The van der Waals surface area contributed by atoms with Gasteiger partial charge in [-0.2, -0.15) is 0 Å². The Kier molecular flexibility index (Phi) is 12.2. The van der Waals surface area contributed by atoms with Gasteiger partial charge in [0.25, 0.3) is 0 Å². The summed E-state index contributed by atoms with van der Waals surface area (Å²) < 4.78 is 11.2. The Balaban J connectivity index is 1.81. The highest BCUT2D eigenvalue weighted by Crippen LogP contribution is 2.39. The Morgan fingerprint density at radius 2 is 1.58 bits per heavy atom. The quantitative estimate of drug-likeness (QED) is 0.223. The van der Waals surface area contributed by atoms with Gasteiger partial charge in [-0.25, -0.2) is 14.4 Å². The second-order valence-electron chi connectivity index (χ2n) is 15.0. The number of carbonyl (C=O) groups is 4. The van der Waals surface area contributed by atoms with Crippen LogP contribution >= 0.6 is 11.3 Å². The summed E-state index contributed by atoms with van der Waals surface area (Å²) in [4.78, 5) is 54.6. The van der Waals surface area contributed by atoms with E-state index in [0.717, 1.165) is 37.0 Å². The molecular formula is C35H52N2O7S. The van der Waals surface area contributed by atoms with Crippen molar-refractivity contribution in [2.24, 2.45) is 23.2 Å². The zero-order valence-corrected chi connectivity index (χ0v) is 29.3. The number of nitrogens with zero attached hydrogens (tertiary/aromatic N) is 1. The van der Waals surface area contributed by atoms with Crippen molar-refractivity contribution in [3.8, 4) is 11.8 Å². The number of thiophene rings is 1. The normalized spacial score (nSPS) is 22.9. The van der Waals surface area contributed by atoms with E-state index in [1.807, 2.05) is 34.6 Å². The molecule has 2 fully saturated rings. The fourth-order valence-electron chi connectivity index (χ4n) is 5.81. The van der Waals surface area contributed by atoms with Gasteiger partial charge in [-0.05, 0) is 111 Å². The van der Waals surface area contributed by atoms with Gasteiger partial charge >= 0.3 is 18.0 Å². The molecule has 2 saturated carbocycles. The Morgan fingerprint density at radius 3 is 2.09 bits per heavy atom. The van der Waals surface area contributed by atoms with Crippen LogP contribution in [0.15, 0.2) is 6.07 Å². The number of anilines is 1. The maximum absolute atomic E-state index is 14.2. The predicted octanol–water partition coefficient (Wildman–Crippen LogP) is 7.41. The van der Waals surface area contributed by atoms with Gasteiger partial charge in [0.2, 0.25) is 5.91 Å². The number of ether oxygens (including phenoxy) is 2. The smallest absolute Gasteiger partial charge is 0.408 e. The average molecular weight is 645 g/mol. The number of esters is 1. The van der Waals surface area contributed by atoms with E-state index in [1.54, 1.807) is 31.7 Å². The van der Waals surface area contributed by atoms with Crippen molar-refractivity contribution in [1.82, 2.24) is 5.32 Å². The molecule has 9 nitrogen and oxygen atoms in total. The summed E-state index contributed by atoms with van der Waals surface area (Å²) in [6, 6.07) is 0.669. The summed E-state index contributed by atoms with van der Waals surface area (Å²) in [7, 11) is 0. The van der Waals surface area contributed by atoms with E-state index >= 15 is 0 Å². The number of aromatic carboxylic acids is 1. The van der Waals surface area contributed by atoms with Gasteiger partial charge in [-0.3, -0.25) is 4.79 Å². The molecule has 2 N–H and O–H groups in total. The highest BCUT2D eigenvalue weighted by atomic mass is 32.1. The standard InChI is InChI=1S/C35H52N2O7S/c1-21(2)28(36-33(42)44-35(7,8)9)32(41)43-25-16-14-24(15-17-25)37(30(38)23-12-10-22(3)11-13-23)27-20-26(18-19-34(4,5)6)45-29(27)31(39)40/h20-25,28H,10-17H2,1-9H3,(H,36,42)(H,39,40)/t22?,23?,24?,25?,28-/m1/s1. The lowest BCUT2D eigenvalue weighted by atomic mass is 9.81. The van der Waals surface area contributed by atoms with Crippen molar-refractivity contribution >= 4 is 41.0 Å². The highest BCUT2D eigenvalue weighted by Gasteiger charge is 2.39. The summed E-state index contributed by atoms with van der Waals surface area (Å²) in [5.41, 5.74) is -0.541. The first-order valence-electron chi connectivity index (χ1n) is 16.3. The SMILES string of the molecule is CC1CCC(C(=O)N(c2cc(C#CC(C)(C)C)sc2C(=O)O)C2CCC(OC(=O)[C@H](NC(=O)OC(C)(C)C)C(C)C)CC2)CC1. The van der Waals surface area contributed by atoms with E-state index in [4.69, 9.17) is 9.47 Å². The molecule has 0 radical (unpaired) electrons. The molecule has 1 aromatic rings. The molecule has 1 atom stereocenters. The topological polar surface area (TPSA) is 122 Å². The van der Waals surface area contributed by atoms with Crippen LogP contribution in [0.5, 0.6) is 0 Å². The summed E-state index contributed by atoms with van der Waals surface area (Å²) in [6.07, 6.45) is 4.60. The van der Waals surface area contributed by atoms with Gasteiger partial charge in [-0.15, -0.1) is 11.3 Å². The van der Waals surface area contributed by atoms with Crippen LogP contribution in [0.3, 0.4) is 0 Å². The summed E-state index contributed by atoms with van der Waals surface area (Å²) in [5.74, 6) is 4.89. The monoisotopic (exact) mass is 644 g/mol. The van der Waals surface area contributed by atoms with Gasteiger partial charge in [-0.1, -0.05) is 32.6 Å². The number of nitrogens with one attached hydrogen (secondary N) is 1. The minimum atomic E-state index is -1.08. The molecule has 0 aliphatic heterocycles. The Bertz CT molecular complexity index is 1280. The van der Waals surface area contributed by atoms with E-state index in [-0.39, 0.29) is 40.2 Å². The highest BCUT2D eigenvalue weighted by molar-refractivity contribution is 7.15. The maximum atomic E-state index is 14.2. The average Bonchev–Trinajstić information content (AvgIpc) is 3.34.